The van der Waals surface area contributed by atoms with E-state index in [9.17, 15) is 43.7 Å². The molecule has 358 valence electrons. The predicted molar refractivity (Wildman–Crippen MR) is 250 cm³/mol. The zero-order valence-corrected chi connectivity index (χ0v) is 37.6. The van der Waals surface area contributed by atoms with Crippen LogP contribution in [-0.4, -0.2) is 106 Å². The van der Waals surface area contributed by atoms with Gasteiger partial charge in [-0.15, -0.1) is 0 Å². The molecule has 1 unspecified atom stereocenters. The summed E-state index contributed by atoms with van der Waals surface area (Å²) in [6.07, 6.45) is 8.69. The summed E-state index contributed by atoms with van der Waals surface area (Å²) in [5, 5.41) is 30.5. The zero-order valence-electron chi connectivity index (χ0n) is 37.6. The quantitative estimate of drug-likeness (QED) is 0.0279. The average Bonchev–Trinajstić information content (AvgIpc) is 4.13. The number of unbranched alkanes of at least 4 members (excludes halogenated alkanes) is 1. The van der Waals surface area contributed by atoms with Crippen LogP contribution in [0.1, 0.15) is 61.2 Å². The van der Waals surface area contributed by atoms with Crippen LogP contribution in [0.25, 0.3) is 11.0 Å². The third-order valence-corrected chi connectivity index (χ3v) is 10.7. The Morgan fingerprint density at radius 1 is 0.632 bits per heavy atom. The van der Waals surface area contributed by atoms with E-state index in [1.54, 1.807) is 55.9 Å². The van der Waals surface area contributed by atoms with Crippen molar-refractivity contribution >= 4 is 80.8 Å². The highest BCUT2D eigenvalue weighted by Gasteiger charge is 2.24. The van der Waals surface area contributed by atoms with Gasteiger partial charge in [0.25, 0.3) is 29.3 Å². The monoisotopic (exact) mass is 936 g/mol. The molecule has 0 aliphatic carbocycles. The lowest BCUT2D eigenvalue weighted by molar-refractivity contribution is -0.384. The van der Waals surface area contributed by atoms with Gasteiger partial charge in [-0.1, -0.05) is 0 Å². The minimum Gasteiger partial charge on any atom is -0.353 e. The van der Waals surface area contributed by atoms with Gasteiger partial charge in [-0.25, -0.2) is 4.98 Å². The van der Waals surface area contributed by atoms with E-state index in [2.05, 4.69) is 42.2 Å². The zero-order chi connectivity index (χ0) is 49.2. The van der Waals surface area contributed by atoms with E-state index in [0.29, 0.717) is 40.9 Å². The van der Waals surface area contributed by atoms with Crippen molar-refractivity contribution in [2.24, 2.45) is 39.7 Å². The van der Waals surface area contributed by atoms with Gasteiger partial charge >= 0.3 is 0 Å². The number of imidazole rings is 1. The smallest absolute Gasteiger partial charge is 0.272 e. The first-order valence-electron chi connectivity index (χ1n) is 21.2. The fourth-order valence-electron chi connectivity index (χ4n) is 7.28. The summed E-state index contributed by atoms with van der Waals surface area (Å²) >= 11 is 0. The van der Waals surface area contributed by atoms with Crippen LogP contribution in [0.2, 0.25) is 0 Å². The summed E-state index contributed by atoms with van der Waals surface area (Å²) in [5.74, 6) is -3.37. The maximum atomic E-state index is 13.8. The number of carbonyl (C=O) groups excluding carboxylic acids is 7. The third kappa shape index (κ3) is 12.0. The van der Waals surface area contributed by atoms with Crippen LogP contribution >= 0.6 is 0 Å². The Bertz CT molecular complexity index is 2900. The van der Waals surface area contributed by atoms with Crippen molar-refractivity contribution in [2.45, 2.75) is 31.8 Å². The van der Waals surface area contributed by atoms with Crippen molar-refractivity contribution in [3.8, 4) is 0 Å². The second kappa shape index (κ2) is 21.6. The van der Waals surface area contributed by atoms with Crippen LogP contribution in [0, 0.1) is 10.1 Å². The number of amides is 7. The number of rotatable bonds is 21. The number of carbonyl (C=O) groups is 7. The Hall–Kier alpha value is -8.58. The molecule has 7 amide bonds. The normalized spacial score (nSPS) is 11.4. The molecule has 68 heavy (non-hydrogen) atoms. The number of aryl methyl sites for hydroxylation is 4. The number of fused-ring (bicyclic) bond motifs is 1. The van der Waals surface area contributed by atoms with Crippen molar-refractivity contribution in [2.75, 3.05) is 47.4 Å². The summed E-state index contributed by atoms with van der Waals surface area (Å²) < 4.78 is 7.76. The lowest BCUT2D eigenvalue weighted by atomic mass is 10.1. The molecule has 11 N–H and O–H groups in total. The van der Waals surface area contributed by atoms with Gasteiger partial charge in [0, 0.05) is 84.7 Å². The number of aromatic nitrogens is 6. The van der Waals surface area contributed by atoms with Crippen molar-refractivity contribution in [1.29, 1.82) is 0 Å². The lowest BCUT2D eigenvalue weighted by Gasteiger charge is -2.19. The van der Waals surface area contributed by atoms with Crippen molar-refractivity contribution in [1.82, 2.24) is 43.8 Å². The van der Waals surface area contributed by atoms with E-state index in [0.717, 1.165) is 0 Å². The molecule has 0 fully saturated rings. The fraction of sp³-hybridized carbons (Fsp3) is 0.302. The van der Waals surface area contributed by atoms with E-state index >= 15 is 0 Å². The molecule has 6 aromatic rings. The van der Waals surface area contributed by atoms with Gasteiger partial charge in [0.15, 0.2) is 0 Å². The number of nitrogens with two attached hydrogens (primary N) is 2. The maximum absolute atomic E-state index is 13.8. The first kappa shape index (κ1) is 48.9. The van der Waals surface area contributed by atoms with Gasteiger partial charge in [0.05, 0.1) is 58.1 Å². The number of non-ortho nitro benzene ring substituents is 1. The van der Waals surface area contributed by atoms with Gasteiger partial charge < -0.3 is 71.5 Å². The topological polar surface area (TPSA) is 336 Å². The van der Waals surface area contributed by atoms with Gasteiger partial charge in [0.2, 0.25) is 17.7 Å². The number of benzene rings is 1. The number of anilines is 4. The summed E-state index contributed by atoms with van der Waals surface area (Å²) in [7, 11) is 6.51. The molecular formula is C43H52N16O9. The maximum Gasteiger partial charge on any atom is 0.272 e. The molecule has 25 heteroatoms. The Kier molecular flexibility index (Phi) is 15.5. The standard InChI is InChI=1S/C43H52N16O9/c1-54-22-27(51-41(64)34-13-25(20-55(34)2)49-37(60)18-44)15-33(54)40(63)46-10-6-5-7-31(39(62)47-11-12-58-24-48-30-9-8-29(59(67)68)17-32(30)58)53-43(66)36-16-28(23-57(36)4)52-42(65)35-14-26(21-56(35)3)50-38(61)19-45/h8-9,13-17,20-24,31H,5-7,10-12,18-19,44-45H2,1-4H3,(H,46,63)(H,47,62)(H,49,60)(H,50,61)(H,51,64)(H,52,65)(H,53,66). The molecule has 0 saturated carbocycles. The molecule has 0 spiro atoms. The highest BCUT2D eigenvalue weighted by molar-refractivity contribution is 6.07. The van der Waals surface area contributed by atoms with E-state index in [4.69, 9.17) is 11.5 Å². The van der Waals surface area contributed by atoms with Gasteiger partial charge in [0.1, 0.15) is 28.8 Å². The highest BCUT2D eigenvalue weighted by atomic mass is 16.6. The Labute approximate surface area is 387 Å². The Balaban J connectivity index is 1.07. The molecule has 5 heterocycles. The number of nitrogens with zero attached hydrogens (tertiary/aromatic N) is 7. The number of hydrogen-bond donors (Lipinski definition) is 9. The number of nitro groups is 1. The van der Waals surface area contributed by atoms with Crippen LogP contribution in [0.4, 0.5) is 28.4 Å². The van der Waals surface area contributed by atoms with Crippen LogP contribution in [0.3, 0.4) is 0 Å². The van der Waals surface area contributed by atoms with Crippen LogP contribution in [-0.2, 0) is 49.1 Å². The lowest BCUT2D eigenvalue weighted by Crippen LogP contribution is -2.47. The summed E-state index contributed by atoms with van der Waals surface area (Å²) in [5.41, 5.74) is 14.0. The Morgan fingerprint density at radius 3 is 1.62 bits per heavy atom. The molecule has 0 aliphatic rings. The van der Waals surface area contributed by atoms with Crippen LogP contribution in [0.15, 0.2) is 73.6 Å². The summed E-state index contributed by atoms with van der Waals surface area (Å²) in [4.78, 5) is 106. The minimum absolute atomic E-state index is 0.0882. The van der Waals surface area contributed by atoms with Crippen LogP contribution < -0.4 is 48.7 Å². The van der Waals surface area contributed by atoms with Gasteiger partial charge in [-0.05, 0) is 49.6 Å². The first-order valence-corrected chi connectivity index (χ1v) is 21.2. The van der Waals surface area contributed by atoms with E-state index < -0.39 is 52.3 Å². The van der Waals surface area contributed by atoms with Gasteiger partial charge in [-0.2, -0.15) is 0 Å². The first-order chi connectivity index (χ1) is 32.4. The van der Waals surface area contributed by atoms with E-state index in [-0.39, 0.29) is 73.3 Å². The molecule has 0 bridgehead atoms. The van der Waals surface area contributed by atoms with Crippen molar-refractivity contribution in [3.63, 3.8) is 0 Å². The third-order valence-electron chi connectivity index (χ3n) is 10.7. The second-order valence-corrected chi connectivity index (χ2v) is 15.7. The molecule has 25 nitrogen and oxygen atoms in total. The molecular weight excluding hydrogens is 885 g/mol. The van der Waals surface area contributed by atoms with Crippen LogP contribution in [0.5, 0.6) is 0 Å². The largest absolute Gasteiger partial charge is 0.353 e. The number of nitrogens with one attached hydrogen (secondary N) is 7. The Morgan fingerprint density at radius 2 is 1.12 bits per heavy atom. The van der Waals surface area contributed by atoms with Gasteiger partial charge in [-0.3, -0.25) is 43.7 Å². The number of nitro benzene ring substituents is 1. The molecule has 6 rings (SSSR count). The molecule has 1 aromatic carbocycles. The fourth-order valence-corrected chi connectivity index (χ4v) is 7.28. The highest BCUT2D eigenvalue weighted by Crippen LogP contribution is 2.22. The van der Waals surface area contributed by atoms with E-state index in [1.165, 1.54) is 68.7 Å². The van der Waals surface area contributed by atoms with E-state index in [1.807, 2.05) is 0 Å². The molecule has 0 aliphatic heterocycles. The second-order valence-electron chi connectivity index (χ2n) is 15.7. The average molecular weight is 937 g/mol. The minimum atomic E-state index is -1.05. The molecule has 5 aromatic heterocycles. The molecule has 0 radical (unpaired) electrons. The summed E-state index contributed by atoms with van der Waals surface area (Å²) in [6.45, 7) is 0.0604. The SMILES string of the molecule is Cn1cc(NC(=O)c2cc(NC(=O)CN)cn2C)cc1C(=O)NCCCCC(NC(=O)c1cc(NC(=O)c2cc(NC(=O)CN)cn2C)cn1C)C(=O)NCCn1cnc2ccc([N+](=O)[O-])cc21. The predicted octanol–water partition coefficient (Wildman–Crippen LogP) is 1.11. The summed E-state index contributed by atoms with van der Waals surface area (Å²) in [6, 6.07) is 9.18. The van der Waals surface area contributed by atoms with Crippen molar-refractivity contribution in [3.05, 3.63) is 106 Å². The number of hydrogen-bond acceptors (Lipinski definition) is 12. The van der Waals surface area contributed by atoms with Crippen molar-refractivity contribution < 1.29 is 38.5 Å². The molecule has 0 saturated heterocycles. The molecule has 1 atom stereocenters.